The maximum Gasteiger partial charge on any atom is 0.261 e. The first-order valence-electron chi connectivity index (χ1n) is 7.24. The molecule has 5 nitrogen and oxygen atoms in total. The van der Waals surface area contributed by atoms with Crippen LogP contribution in [0.5, 0.6) is 5.75 Å². The molecule has 0 radical (unpaired) electrons. The van der Waals surface area contributed by atoms with Crippen LogP contribution in [0, 0.1) is 0 Å². The molecule has 7 heteroatoms. The minimum Gasteiger partial charge on any atom is -0.493 e. The van der Waals surface area contributed by atoms with Gasteiger partial charge in [0.2, 0.25) is 5.13 Å². The molecule has 0 aliphatic rings. The van der Waals surface area contributed by atoms with Crippen LogP contribution in [0.15, 0.2) is 28.6 Å². The molecule has 118 valence electrons. The number of carbonyl (C=O) groups excluding carboxylic acids is 1. The van der Waals surface area contributed by atoms with Gasteiger partial charge in [-0.3, -0.25) is 10.1 Å². The molecule has 0 aliphatic carbocycles. The monoisotopic (exact) mass is 337 g/mol. The van der Waals surface area contributed by atoms with E-state index in [4.69, 9.17) is 4.74 Å². The Kier molecular flexibility index (Phi) is 6.67. The van der Waals surface area contributed by atoms with Crippen LogP contribution in [-0.4, -0.2) is 28.5 Å². The number of hydrogen-bond donors (Lipinski definition) is 1. The highest BCUT2D eigenvalue weighted by atomic mass is 32.2. The molecular formula is C15H19N3O2S2. The number of anilines is 1. The van der Waals surface area contributed by atoms with Crippen molar-refractivity contribution in [3.05, 3.63) is 29.8 Å². The Balaban J connectivity index is 2.00. The molecule has 1 heterocycles. The van der Waals surface area contributed by atoms with Gasteiger partial charge in [-0.2, -0.15) is 0 Å². The maximum atomic E-state index is 12.3. The molecule has 2 aromatic rings. The number of benzene rings is 1. The van der Waals surface area contributed by atoms with Crippen LogP contribution >= 0.6 is 23.1 Å². The first-order chi connectivity index (χ1) is 10.7. The van der Waals surface area contributed by atoms with Gasteiger partial charge in [0.15, 0.2) is 4.34 Å². The van der Waals surface area contributed by atoms with E-state index in [2.05, 4.69) is 22.4 Å². The summed E-state index contributed by atoms with van der Waals surface area (Å²) in [5.41, 5.74) is 0.500. The Bertz CT molecular complexity index is 616. The molecule has 0 fully saturated rings. The number of unbranched alkanes of at least 4 members (excludes halogenated alkanes) is 1. The molecule has 0 atom stereocenters. The third kappa shape index (κ3) is 4.71. The molecule has 0 unspecified atom stereocenters. The van der Waals surface area contributed by atoms with E-state index in [1.807, 2.05) is 19.1 Å². The summed E-state index contributed by atoms with van der Waals surface area (Å²) < 4.78 is 6.35. The Morgan fingerprint density at radius 1 is 1.32 bits per heavy atom. The molecule has 0 spiro atoms. The van der Waals surface area contributed by atoms with Crippen molar-refractivity contribution in [1.82, 2.24) is 10.2 Å². The number of nitrogens with zero attached hydrogens (tertiary/aromatic N) is 2. The van der Waals surface area contributed by atoms with E-state index in [-0.39, 0.29) is 5.91 Å². The Hall–Kier alpha value is -1.60. The molecule has 0 aliphatic heterocycles. The molecule has 0 saturated heterocycles. The first kappa shape index (κ1) is 16.8. The molecular weight excluding hydrogens is 318 g/mol. The summed E-state index contributed by atoms with van der Waals surface area (Å²) in [5, 5.41) is 11.4. The smallest absolute Gasteiger partial charge is 0.261 e. The van der Waals surface area contributed by atoms with Crippen molar-refractivity contribution in [2.45, 2.75) is 31.0 Å². The summed E-state index contributed by atoms with van der Waals surface area (Å²) in [6.07, 6.45) is 2.30. The molecule has 1 N–H and O–H groups in total. The zero-order chi connectivity index (χ0) is 15.8. The molecule has 0 saturated carbocycles. The van der Waals surface area contributed by atoms with Crippen LogP contribution in [0.2, 0.25) is 0 Å². The van der Waals surface area contributed by atoms with Gasteiger partial charge in [-0.05, 0) is 25.5 Å². The van der Waals surface area contributed by atoms with E-state index in [0.29, 0.717) is 23.1 Å². The Labute approximate surface area is 138 Å². The predicted octanol–water partition coefficient (Wildman–Crippen LogP) is 4.08. The summed E-state index contributed by atoms with van der Waals surface area (Å²) >= 11 is 3.06. The number of aromatic nitrogens is 2. The zero-order valence-electron chi connectivity index (χ0n) is 12.7. The minimum atomic E-state index is -0.231. The summed E-state index contributed by atoms with van der Waals surface area (Å²) in [6, 6.07) is 7.17. The van der Waals surface area contributed by atoms with Crippen LogP contribution in [0.4, 0.5) is 5.13 Å². The average molecular weight is 337 g/mol. The van der Waals surface area contributed by atoms with Crippen molar-refractivity contribution in [2.75, 3.05) is 17.7 Å². The molecule has 1 aromatic heterocycles. The summed E-state index contributed by atoms with van der Waals surface area (Å²) in [4.78, 5) is 12.3. The van der Waals surface area contributed by atoms with Gasteiger partial charge < -0.3 is 4.74 Å². The highest BCUT2D eigenvalue weighted by Crippen LogP contribution is 2.27. The lowest BCUT2D eigenvalue weighted by Crippen LogP contribution is -2.13. The quantitative estimate of drug-likeness (QED) is 0.447. The number of ether oxygens (including phenoxy) is 1. The molecule has 1 aromatic carbocycles. The predicted molar refractivity (Wildman–Crippen MR) is 91.1 cm³/mol. The second-order valence-corrected chi connectivity index (χ2v) is 6.78. The highest BCUT2D eigenvalue weighted by molar-refractivity contribution is 8.01. The first-order valence-corrected chi connectivity index (χ1v) is 9.04. The average Bonchev–Trinajstić information content (AvgIpc) is 2.96. The third-order valence-corrected chi connectivity index (χ3v) is 4.84. The van der Waals surface area contributed by atoms with E-state index in [9.17, 15) is 4.79 Å². The van der Waals surface area contributed by atoms with E-state index in [1.165, 1.54) is 11.3 Å². The molecule has 0 bridgehead atoms. The van der Waals surface area contributed by atoms with Gasteiger partial charge in [0.25, 0.3) is 5.91 Å². The second kappa shape index (κ2) is 8.75. The van der Waals surface area contributed by atoms with Crippen molar-refractivity contribution >= 4 is 34.1 Å². The lowest BCUT2D eigenvalue weighted by Gasteiger charge is -2.08. The largest absolute Gasteiger partial charge is 0.493 e. The van der Waals surface area contributed by atoms with Crippen LogP contribution in [0.3, 0.4) is 0 Å². The van der Waals surface area contributed by atoms with Gasteiger partial charge in [-0.15, -0.1) is 10.2 Å². The molecule has 1 amide bonds. The Morgan fingerprint density at radius 3 is 2.91 bits per heavy atom. The van der Waals surface area contributed by atoms with E-state index in [1.54, 1.807) is 23.9 Å². The fraction of sp³-hybridized carbons (Fsp3) is 0.400. The van der Waals surface area contributed by atoms with Crippen LogP contribution < -0.4 is 10.1 Å². The number of thioether (sulfide) groups is 1. The van der Waals surface area contributed by atoms with Crippen molar-refractivity contribution < 1.29 is 9.53 Å². The summed E-state index contributed by atoms with van der Waals surface area (Å²) in [7, 11) is 0. The topological polar surface area (TPSA) is 64.1 Å². The maximum absolute atomic E-state index is 12.3. The van der Waals surface area contributed by atoms with Crippen LogP contribution in [0.25, 0.3) is 0 Å². The van der Waals surface area contributed by atoms with Gasteiger partial charge in [0, 0.05) is 5.75 Å². The van der Waals surface area contributed by atoms with Crippen molar-refractivity contribution in [3.8, 4) is 5.75 Å². The zero-order valence-corrected chi connectivity index (χ0v) is 14.3. The molecule has 2 rings (SSSR count). The SMILES string of the molecule is CCCCSc1nnc(NC(=O)c2ccccc2OCC)s1. The van der Waals surface area contributed by atoms with Gasteiger partial charge in [-0.25, -0.2) is 0 Å². The summed E-state index contributed by atoms with van der Waals surface area (Å²) in [5.74, 6) is 1.36. The lowest BCUT2D eigenvalue weighted by molar-refractivity contribution is 0.102. The van der Waals surface area contributed by atoms with Gasteiger partial charge >= 0.3 is 0 Å². The number of rotatable bonds is 8. The number of amides is 1. The van der Waals surface area contributed by atoms with Gasteiger partial charge in [-0.1, -0.05) is 48.6 Å². The number of nitrogens with one attached hydrogen (secondary N) is 1. The van der Waals surface area contributed by atoms with Gasteiger partial charge in [0.1, 0.15) is 5.75 Å². The van der Waals surface area contributed by atoms with Crippen LogP contribution in [-0.2, 0) is 0 Å². The van der Waals surface area contributed by atoms with E-state index >= 15 is 0 Å². The normalized spacial score (nSPS) is 10.5. The second-order valence-electron chi connectivity index (χ2n) is 4.46. The fourth-order valence-corrected chi connectivity index (χ4v) is 3.62. The number of para-hydroxylation sites is 1. The molecule has 22 heavy (non-hydrogen) atoms. The Morgan fingerprint density at radius 2 is 2.14 bits per heavy atom. The lowest BCUT2D eigenvalue weighted by atomic mass is 10.2. The fourth-order valence-electron chi connectivity index (χ4n) is 1.72. The van der Waals surface area contributed by atoms with E-state index in [0.717, 1.165) is 22.9 Å². The number of hydrogen-bond acceptors (Lipinski definition) is 6. The third-order valence-electron chi connectivity index (χ3n) is 2.78. The number of carbonyl (C=O) groups is 1. The minimum absolute atomic E-state index is 0.231. The van der Waals surface area contributed by atoms with Crippen molar-refractivity contribution in [3.63, 3.8) is 0 Å². The standard InChI is InChI=1S/C15H19N3O2S2/c1-3-5-10-21-15-18-17-14(22-15)16-13(19)11-8-6-7-9-12(11)20-4-2/h6-9H,3-5,10H2,1-2H3,(H,16,17,19). The highest BCUT2D eigenvalue weighted by Gasteiger charge is 2.14. The van der Waals surface area contributed by atoms with Crippen LogP contribution in [0.1, 0.15) is 37.0 Å². The van der Waals surface area contributed by atoms with Crippen molar-refractivity contribution in [2.24, 2.45) is 0 Å². The summed E-state index contributed by atoms with van der Waals surface area (Å²) in [6.45, 7) is 4.56. The van der Waals surface area contributed by atoms with Gasteiger partial charge in [0.05, 0.1) is 12.2 Å². The van der Waals surface area contributed by atoms with E-state index < -0.39 is 0 Å². The van der Waals surface area contributed by atoms with Crippen molar-refractivity contribution in [1.29, 1.82) is 0 Å².